The number of aromatic nitrogens is 3. The van der Waals surface area contributed by atoms with Crippen molar-refractivity contribution in [3.63, 3.8) is 0 Å². The van der Waals surface area contributed by atoms with Crippen LogP contribution in [0.5, 0.6) is 0 Å². The molecule has 1 aliphatic carbocycles. The van der Waals surface area contributed by atoms with E-state index in [1.807, 2.05) is 43.5 Å². The molecule has 6 nitrogen and oxygen atoms in total. The van der Waals surface area contributed by atoms with Crippen LogP contribution < -0.4 is 5.32 Å². The summed E-state index contributed by atoms with van der Waals surface area (Å²) in [5.41, 5.74) is 5.71. The van der Waals surface area contributed by atoms with Gasteiger partial charge in [0, 0.05) is 11.1 Å². The Hall–Kier alpha value is -3.93. The normalized spacial score (nSPS) is 14.8. The Bertz CT molecular complexity index is 1380. The summed E-state index contributed by atoms with van der Waals surface area (Å²) in [5, 5.41) is 8.10. The lowest BCUT2D eigenvalue weighted by Crippen LogP contribution is -2.52. The van der Waals surface area contributed by atoms with Crippen LogP contribution in [-0.4, -0.2) is 26.3 Å². The molecule has 2 aromatic carbocycles. The van der Waals surface area contributed by atoms with E-state index in [1.54, 1.807) is 12.3 Å². The second-order valence-electron chi connectivity index (χ2n) is 10.1. The molecule has 1 amide bonds. The number of nitrogens with zero attached hydrogens (tertiary/aromatic N) is 3. The first-order valence-corrected chi connectivity index (χ1v) is 12.0. The van der Waals surface area contributed by atoms with E-state index >= 15 is 0 Å². The molecule has 1 N–H and O–H groups in total. The van der Waals surface area contributed by atoms with Gasteiger partial charge in [0.05, 0.1) is 23.1 Å². The van der Waals surface area contributed by atoms with Crippen molar-refractivity contribution >= 4 is 17.8 Å². The Labute approximate surface area is 205 Å². The zero-order chi connectivity index (χ0) is 24.6. The number of alkyl carbamates (subject to hydrolysis) is 1. The van der Waals surface area contributed by atoms with E-state index in [2.05, 4.69) is 59.3 Å². The lowest BCUT2D eigenvalue weighted by Gasteiger charge is -2.43. The number of nitrogens with one attached hydrogen (secondary N) is 1. The number of amides is 1. The van der Waals surface area contributed by atoms with Gasteiger partial charge in [0.1, 0.15) is 5.60 Å². The van der Waals surface area contributed by atoms with Crippen molar-refractivity contribution in [3.05, 3.63) is 84.7 Å². The molecule has 35 heavy (non-hydrogen) atoms. The highest BCUT2D eigenvalue weighted by Gasteiger charge is 2.41. The second kappa shape index (κ2) is 8.69. The van der Waals surface area contributed by atoms with Gasteiger partial charge in [-0.3, -0.25) is 0 Å². The largest absolute Gasteiger partial charge is 0.444 e. The summed E-state index contributed by atoms with van der Waals surface area (Å²) in [6.45, 7) is 9.52. The minimum Gasteiger partial charge on any atom is -0.444 e. The lowest BCUT2D eigenvalue weighted by atomic mass is 9.71. The topological polar surface area (TPSA) is 68.5 Å². The van der Waals surface area contributed by atoms with Crippen LogP contribution in [0, 0.1) is 0 Å². The van der Waals surface area contributed by atoms with E-state index in [4.69, 9.17) is 9.84 Å². The van der Waals surface area contributed by atoms with Gasteiger partial charge in [0.15, 0.2) is 5.65 Å². The smallest absolute Gasteiger partial charge is 0.408 e. The molecule has 0 bridgehead atoms. The Kier molecular flexibility index (Phi) is 5.67. The highest BCUT2D eigenvalue weighted by atomic mass is 16.6. The lowest BCUT2D eigenvalue weighted by molar-refractivity contribution is 0.0377. The predicted molar refractivity (Wildman–Crippen MR) is 139 cm³/mol. The second-order valence-corrected chi connectivity index (χ2v) is 10.1. The maximum atomic E-state index is 12.5. The van der Waals surface area contributed by atoms with Crippen molar-refractivity contribution in [2.45, 2.75) is 51.2 Å². The van der Waals surface area contributed by atoms with Gasteiger partial charge >= 0.3 is 6.09 Å². The first-order valence-electron chi connectivity index (χ1n) is 12.0. The molecule has 6 heteroatoms. The summed E-state index contributed by atoms with van der Waals surface area (Å²) in [6.07, 6.45) is 6.01. The quantitative estimate of drug-likeness (QED) is 0.359. The monoisotopic (exact) mass is 466 g/mol. The van der Waals surface area contributed by atoms with E-state index < -0.39 is 5.60 Å². The van der Waals surface area contributed by atoms with Crippen LogP contribution in [-0.2, 0) is 10.3 Å². The van der Waals surface area contributed by atoms with Gasteiger partial charge < -0.3 is 10.1 Å². The number of rotatable bonds is 5. The van der Waals surface area contributed by atoms with Crippen molar-refractivity contribution in [2.75, 3.05) is 0 Å². The van der Waals surface area contributed by atoms with Gasteiger partial charge in [-0.25, -0.2) is 14.3 Å². The average Bonchev–Trinajstić information content (AvgIpc) is 3.22. The van der Waals surface area contributed by atoms with Gasteiger partial charge in [-0.1, -0.05) is 61.2 Å². The van der Waals surface area contributed by atoms with Crippen LogP contribution >= 0.6 is 0 Å². The number of hydrogen-bond donors (Lipinski definition) is 1. The van der Waals surface area contributed by atoms with Crippen molar-refractivity contribution < 1.29 is 9.53 Å². The van der Waals surface area contributed by atoms with Crippen LogP contribution in [0.2, 0.25) is 0 Å². The Balaban J connectivity index is 1.53. The van der Waals surface area contributed by atoms with Gasteiger partial charge in [-0.2, -0.15) is 5.10 Å². The van der Waals surface area contributed by atoms with E-state index in [0.717, 1.165) is 58.6 Å². The molecule has 2 aromatic heterocycles. The van der Waals surface area contributed by atoms with Crippen LogP contribution in [0.4, 0.5) is 4.79 Å². The number of carbonyl (C=O) groups is 1. The maximum Gasteiger partial charge on any atom is 0.408 e. The van der Waals surface area contributed by atoms with Crippen molar-refractivity contribution in [3.8, 4) is 22.4 Å². The minimum atomic E-state index is -0.533. The third kappa shape index (κ3) is 4.44. The zero-order valence-corrected chi connectivity index (χ0v) is 20.4. The summed E-state index contributed by atoms with van der Waals surface area (Å²) in [5.74, 6) is 0. The zero-order valence-electron chi connectivity index (χ0n) is 20.4. The SMILES string of the molecule is C=Cc1cnc2cc(-c3ccccc3)c(-c3ccc(C4(NC(=O)OC(C)(C)C)CCC4)cc3)nn12. The predicted octanol–water partition coefficient (Wildman–Crippen LogP) is 6.61. The standard InChI is InChI=1S/C29H30N4O2/c1-5-23-19-30-25-18-24(20-10-7-6-8-11-20)26(32-33(23)25)21-12-14-22(15-13-21)29(16-9-17-29)31-27(34)35-28(2,3)4/h5-8,10-15,18-19H,1,9,16-17H2,2-4H3,(H,31,34). The third-order valence-corrected chi connectivity index (χ3v) is 6.47. The molecule has 178 valence electrons. The summed E-state index contributed by atoms with van der Waals surface area (Å²) in [4.78, 5) is 17.0. The van der Waals surface area contributed by atoms with Gasteiger partial charge in [-0.15, -0.1) is 0 Å². The molecule has 5 rings (SSSR count). The Morgan fingerprint density at radius 3 is 2.40 bits per heavy atom. The number of benzene rings is 2. The number of fused-ring (bicyclic) bond motifs is 1. The van der Waals surface area contributed by atoms with E-state index in [1.165, 1.54) is 0 Å². The molecular formula is C29H30N4O2. The molecule has 0 radical (unpaired) electrons. The molecular weight excluding hydrogens is 436 g/mol. The van der Waals surface area contributed by atoms with Gasteiger partial charge in [-0.05, 0) is 63.3 Å². The van der Waals surface area contributed by atoms with Crippen molar-refractivity contribution in [1.82, 2.24) is 19.9 Å². The molecule has 4 aromatic rings. The number of carbonyl (C=O) groups excluding carboxylic acids is 1. The third-order valence-electron chi connectivity index (χ3n) is 6.47. The molecule has 1 fully saturated rings. The first-order chi connectivity index (χ1) is 16.8. The van der Waals surface area contributed by atoms with Gasteiger partial charge in [0.25, 0.3) is 0 Å². The fourth-order valence-corrected chi connectivity index (χ4v) is 4.59. The van der Waals surface area contributed by atoms with Crippen molar-refractivity contribution in [1.29, 1.82) is 0 Å². The number of hydrogen-bond acceptors (Lipinski definition) is 4. The van der Waals surface area contributed by atoms with Gasteiger partial charge in [0.2, 0.25) is 0 Å². The summed E-state index contributed by atoms with van der Waals surface area (Å²) < 4.78 is 7.35. The number of imidazole rings is 1. The summed E-state index contributed by atoms with van der Waals surface area (Å²) >= 11 is 0. The first kappa shape index (κ1) is 22.8. The molecule has 1 saturated carbocycles. The maximum absolute atomic E-state index is 12.5. The van der Waals surface area contributed by atoms with E-state index in [0.29, 0.717) is 0 Å². The molecule has 0 saturated heterocycles. The molecule has 0 unspecified atom stereocenters. The van der Waals surface area contributed by atoms with E-state index in [9.17, 15) is 4.79 Å². The van der Waals surface area contributed by atoms with Crippen LogP contribution in [0.25, 0.3) is 34.1 Å². The van der Waals surface area contributed by atoms with Crippen molar-refractivity contribution in [2.24, 2.45) is 0 Å². The summed E-state index contributed by atoms with van der Waals surface area (Å²) in [6, 6.07) is 20.6. The highest BCUT2D eigenvalue weighted by Crippen LogP contribution is 2.42. The van der Waals surface area contributed by atoms with Crippen LogP contribution in [0.1, 0.15) is 51.3 Å². The fourth-order valence-electron chi connectivity index (χ4n) is 4.59. The average molecular weight is 467 g/mol. The Morgan fingerprint density at radius 1 is 1.09 bits per heavy atom. The Morgan fingerprint density at radius 2 is 1.80 bits per heavy atom. The molecule has 0 aliphatic heterocycles. The van der Waals surface area contributed by atoms with E-state index in [-0.39, 0.29) is 11.6 Å². The van der Waals surface area contributed by atoms with Crippen LogP contribution in [0.3, 0.4) is 0 Å². The minimum absolute atomic E-state index is 0.378. The number of ether oxygens (including phenoxy) is 1. The summed E-state index contributed by atoms with van der Waals surface area (Å²) in [7, 11) is 0. The molecule has 2 heterocycles. The fraction of sp³-hybridized carbons (Fsp3) is 0.276. The van der Waals surface area contributed by atoms with Crippen LogP contribution in [0.15, 0.2) is 73.4 Å². The molecule has 0 atom stereocenters. The highest BCUT2D eigenvalue weighted by molar-refractivity contribution is 5.83. The molecule has 1 aliphatic rings. The molecule has 0 spiro atoms.